The molecule has 0 atom stereocenters. The second-order valence-electron chi connectivity index (χ2n) is 0. The van der Waals surface area contributed by atoms with Crippen molar-refractivity contribution in [1.29, 1.82) is 0 Å². The van der Waals surface area contributed by atoms with Crippen molar-refractivity contribution in [3.63, 3.8) is 0 Å². The fourth-order valence-corrected chi connectivity index (χ4v) is 0. The molecule has 0 saturated heterocycles. The van der Waals surface area contributed by atoms with E-state index in [1.165, 1.54) is 0 Å². The normalized spacial score (nSPS) is 0. The summed E-state index contributed by atoms with van der Waals surface area (Å²) >= 11 is 0. The second-order valence-corrected chi connectivity index (χ2v) is 0. The third kappa shape index (κ3) is 8.86. The van der Waals surface area contributed by atoms with E-state index in [9.17, 15) is 0 Å². The monoisotopic (exact) mass is 183 g/mol. The van der Waals surface area contributed by atoms with Crippen LogP contribution >= 0.6 is 0 Å². The Kier molecular flexibility index (Phi) is 158. The van der Waals surface area contributed by atoms with E-state index >= 15 is 0 Å². The van der Waals surface area contributed by atoms with Crippen LogP contribution in [0.2, 0.25) is 0 Å². The summed E-state index contributed by atoms with van der Waals surface area (Å²) < 4.78 is 0. The van der Waals surface area contributed by atoms with Gasteiger partial charge in [0, 0.05) is 53.6 Å². The van der Waals surface area contributed by atoms with Crippen molar-refractivity contribution in [2.45, 2.75) is 0 Å². The smallest absolute Gasteiger partial charge is 1.00 e. The first-order chi connectivity index (χ1) is 0. The maximum atomic E-state index is 0. The Bertz CT molecular complexity index is 11.6. The zero-order chi connectivity index (χ0) is 0. The number of hydrogen-bond acceptors (Lipinski definition) is 0. The van der Waals surface area contributed by atoms with E-state index < -0.39 is 0 Å². The Labute approximate surface area is 73.2 Å². The first-order valence-electron chi connectivity index (χ1n) is 0. The standard InChI is InChI=1S/Fe.Li.Mn.Zn.H/q;+1;;;-1. The maximum Gasteiger partial charge on any atom is 1.00 e. The molecule has 0 aliphatic heterocycles. The van der Waals surface area contributed by atoms with Crippen molar-refractivity contribution in [3.8, 4) is 0 Å². The fourth-order valence-electron chi connectivity index (χ4n) is 0. The second kappa shape index (κ2) is 18.7. The van der Waals surface area contributed by atoms with Gasteiger partial charge in [-0.25, -0.2) is 0 Å². The van der Waals surface area contributed by atoms with Gasteiger partial charge in [0.05, 0.1) is 0 Å². The molecular formula is HFeLiMnZn. The summed E-state index contributed by atoms with van der Waals surface area (Å²) in [5.41, 5.74) is 0. The Morgan fingerprint density at radius 2 is 1.25 bits per heavy atom. The molecule has 0 nitrogen and oxygen atoms in total. The Morgan fingerprint density at radius 3 is 1.25 bits per heavy atom. The van der Waals surface area contributed by atoms with Gasteiger partial charge in [-0.3, -0.25) is 0 Å². The SMILES string of the molecule is [Fe].[H-].[Li+].[Mn].[Zn]. The van der Waals surface area contributed by atoms with E-state index in [1.807, 2.05) is 0 Å². The molecule has 0 saturated carbocycles. The van der Waals surface area contributed by atoms with Crippen LogP contribution in [0.5, 0.6) is 0 Å². The summed E-state index contributed by atoms with van der Waals surface area (Å²) in [4.78, 5) is 0. The van der Waals surface area contributed by atoms with Crippen LogP contribution in [0.4, 0.5) is 0 Å². The predicted molar refractivity (Wildman–Crippen MR) is 1.11 cm³/mol. The molecule has 0 N–H and O–H groups in total. The molecule has 0 aliphatic carbocycles. The molecule has 0 spiro atoms. The van der Waals surface area contributed by atoms with Crippen LogP contribution in [-0.4, -0.2) is 0 Å². The van der Waals surface area contributed by atoms with E-state index in [0.29, 0.717) is 0 Å². The molecule has 0 aromatic rings. The average Bonchev–Trinajstić information content (AvgIpc) is 0. The van der Waals surface area contributed by atoms with E-state index in [0.717, 1.165) is 0 Å². The maximum absolute atomic E-state index is 0. The van der Waals surface area contributed by atoms with Crippen LogP contribution in [0.3, 0.4) is 0 Å². The van der Waals surface area contributed by atoms with Gasteiger partial charge in [-0.05, 0) is 0 Å². The summed E-state index contributed by atoms with van der Waals surface area (Å²) in [6.07, 6.45) is 0. The minimum atomic E-state index is 0. The summed E-state index contributed by atoms with van der Waals surface area (Å²) in [5.74, 6) is 0. The van der Waals surface area contributed by atoms with E-state index in [1.54, 1.807) is 0 Å². The van der Waals surface area contributed by atoms with Gasteiger partial charge in [0.1, 0.15) is 0 Å². The van der Waals surface area contributed by atoms with Crippen LogP contribution in [0.25, 0.3) is 0 Å². The molecule has 0 unspecified atom stereocenters. The number of rotatable bonds is 0. The van der Waals surface area contributed by atoms with Gasteiger partial charge >= 0.3 is 18.9 Å². The molecule has 0 rings (SSSR count). The molecule has 0 amide bonds. The van der Waals surface area contributed by atoms with E-state index in [-0.39, 0.29) is 73.9 Å². The molecule has 0 aromatic heterocycles. The van der Waals surface area contributed by atoms with Crippen molar-refractivity contribution in [2.24, 2.45) is 0 Å². The number of hydrogen-bond donors (Lipinski definition) is 0. The minimum Gasteiger partial charge on any atom is -1.00 e. The molecule has 0 aliphatic rings. The fraction of sp³-hybridized carbons (Fsp3) is 0. The van der Waals surface area contributed by atoms with Gasteiger partial charge in [0.2, 0.25) is 0 Å². The molecular weight excluding hydrogens is 183 g/mol. The van der Waals surface area contributed by atoms with E-state index in [2.05, 4.69) is 0 Å². The van der Waals surface area contributed by atoms with Gasteiger partial charge in [-0.15, -0.1) is 0 Å². The Morgan fingerprint density at radius 1 is 1.25 bits per heavy atom. The molecule has 1 radical (unpaired) electrons. The van der Waals surface area contributed by atoms with Crippen molar-refractivity contribution < 1.29 is 73.9 Å². The van der Waals surface area contributed by atoms with Crippen molar-refractivity contribution in [2.75, 3.05) is 0 Å². The summed E-state index contributed by atoms with van der Waals surface area (Å²) in [7, 11) is 0. The molecule has 0 fully saturated rings. The molecule has 0 heterocycles. The average molecular weight is 184 g/mol. The molecule has 4 heavy (non-hydrogen) atoms. The predicted octanol–water partition coefficient (Wildman–Crippen LogP) is -2.89. The third-order valence-electron chi connectivity index (χ3n) is 0. The summed E-state index contributed by atoms with van der Waals surface area (Å²) in [5, 5.41) is 0. The first-order valence-corrected chi connectivity index (χ1v) is 0. The van der Waals surface area contributed by atoms with Crippen LogP contribution in [0.15, 0.2) is 0 Å². The van der Waals surface area contributed by atoms with Gasteiger partial charge in [0.25, 0.3) is 0 Å². The molecule has 19 valence electrons. The summed E-state index contributed by atoms with van der Waals surface area (Å²) in [6, 6.07) is 0. The topological polar surface area (TPSA) is 0 Å². The largest absolute Gasteiger partial charge is 1.00 e. The van der Waals surface area contributed by atoms with Crippen LogP contribution in [-0.2, 0) is 53.6 Å². The van der Waals surface area contributed by atoms with Crippen LogP contribution in [0.1, 0.15) is 1.43 Å². The molecule has 4 heteroatoms. The van der Waals surface area contributed by atoms with Crippen LogP contribution in [0, 0.1) is 0 Å². The van der Waals surface area contributed by atoms with Gasteiger partial charge < -0.3 is 1.43 Å². The Hall–Kier alpha value is 2.26. The first kappa shape index (κ1) is 33.9. The third-order valence-corrected chi connectivity index (χ3v) is 0. The van der Waals surface area contributed by atoms with E-state index in [4.69, 9.17) is 0 Å². The van der Waals surface area contributed by atoms with Crippen molar-refractivity contribution >= 4 is 0 Å². The van der Waals surface area contributed by atoms with Crippen molar-refractivity contribution in [3.05, 3.63) is 0 Å². The minimum absolute atomic E-state index is 0. The zero-order valence-electron chi connectivity index (χ0n) is 3.44. The molecule has 0 bridgehead atoms. The molecule has 0 aromatic carbocycles. The quantitative estimate of drug-likeness (QED) is 0.354. The van der Waals surface area contributed by atoms with Gasteiger partial charge in [-0.1, -0.05) is 0 Å². The van der Waals surface area contributed by atoms with Crippen LogP contribution < -0.4 is 18.9 Å². The van der Waals surface area contributed by atoms with Crippen molar-refractivity contribution in [1.82, 2.24) is 0 Å². The zero-order valence-corrected chi connectivity index (χ0v) is 7.69. The summed E-state index contributed by atoms with van der Waals surface area (Å²) in [6.45, 7) is 0. The Balaban J connectivity index is 0. The van der Waals surface area contributed by atoms with Gasteiger partial charge in [-0.2, -0.15) is 0 Å². The van der Waals surface area contributed by atoms with Gasteiger partial charge in [0.15, 0.2) is 0 Å².